The molecule has 1 heterocycles. The summed E-state index contributed by atoms with van der Waals surface area (Å²) < 4.78 is 0. The molecule has 0 aliphatic carbocycles. The van der Waals surface area contributed by atoms with Crippen molar-refractivity contribution in [1.82, 2.24) is 4.90 Å². The number of unbranched alkanes of at least 4 members (excludes halogenated alkanes) is 6. The Morgan fingerprint density at radius 2 is 1.64 bits per heavy atom. The van der Waals surface area contributed by atoms with E-state index in [2.05, 4.69) is 20.4 Å². The number of amides is 1. The summed E-state index contributed by atoms with van der Waals surface area (Å²) in [6.45, 7) is 9.20. The van der Waals surface area contributed by atoms with Crippen LogP contribution in [0.4, 0.5) is 0 Å². The maximum Gasteiger partial charge on any atom is 0.226 e. The first-order valence-corrected chi connectivity index (χ1v) is 9.64. The molecule has 1 amide bonds. The van der Waals surface area contributed by atoms with Gasteiger partial charge in [-0.3, -0.25) is 4.79 Å². The fourth-order valence-electron chi connectivity index (χ4n) is 3.74. The van der Waals surface area contributed by atoms with Crippen LogP contribution in [0.1, 0.15) is 90.9 Å². The molecular formula is C20H37NO. The molecule has 0 spiro atoms. The summed E-state index contributed by atoms with van der Waals surface area (Å²) in [7, 11) is 0. The monoisotopic (exact) mass is 307 g/mol. The Kier molecular flexibility index (Phi) is 10.3. The molecule has 0 aromatic heterocycles. The highest BCUT2D eigenvalue weighted by Gasteiger charge is 2.29. The summed E-state index contributed by atoms with van der Waals surface area (Å²) in [5.74, 6) is 1.64. The van der Waals surface area contributed by atoms with E-state index in [4.69, 9.17) is 0 Å². The molecule has 1 saturated heterocycles. The maximum atomic E-state index is 12.3. The lowest BCUT2D eigenvalue weighted by atomic mass is 9.81. The lowest BCUT2D eigenvalue weighted by molar-refractivity contribution is -0.128. The van der Waals surface area contributed by atoms with Crippen molar-refractivity contribution in [3.8, 4) is 0 Å². The Bertz CT molecular complexity index is 313. The van der Waals surface area contributed by atoms with Gasteiger partial charge in [0.15, 0.2) is 0 Å². The van der Waals surface area contributed by atoms with Gasteiger partial charge in [-0.1, -0.05) is 78.2 Å². The van der Waals surface area contributed by atoms with Gasteiger partial charge in [-0.05, 0) is 30.9 Å². The lowest BCUT2D eigenvalue weighted by Gasteiger charge is -2.24. The van der Waals surface area contributed by atoms with Crippen molar-refractivity contribution < 1.29 is 4.79 Å². The maximum absolute atomic E-state index is 12.3. The third kappa shape index (κ3) is 6.98. The zero-order chi connectivity index (χ0) is 16.2. The van der Waals surface area contributed by atoms with E-state index >= 15 is 0 Å². The fraction of sp³-hybridized carbons (Fsp3) is 0.850. The normalized spacial score (nSPS) is 22.6. The van der Waals surface area contributed by atoms with Crippen LogP contribution in [0.3, 0.4) is 0 Å². The van der Waals surface area contributed by atoms with Gasteiger partial charge in [0.25, 0.3) is 0 Å². The molecule has 0 saturated carbocycles. The molecule has 2 heteroatoms. The molecule has 0 aromatic rings. The molecule has 0 bridgehead atoms. The average Bonchev–Trinajstić information content (AvgIpc) is 2.67. The number of hydrogen-bond donors (Lipinski definition) is 0. The van der Waals surface area contributed by atoms with E-state index in [1.54, 1.807) is 6.20 Å². The Labute approximate surface area is 138 Å². The molecule has 128 valence electrons. The minimum absolute atomic E-state index is 0.293. The van der Waals surface area contributed by atoms with E-state index < -0.39 is 0 Å². The van der Waals surface area contributed by atoms with Crippen LogP contribution in [-0.4, -0.2) is 17.4 Å². The Morgan fingerprint density at radius 3 is 2.32 bits per heavy atom. The predicted octanol–water partition coefficient (Wildman–Crippen LogP) is 5.93. The Hall–Kier alpha value is -0.790. The van der Waals surface area contributed by atoms with E-state index in [9.17, 15) is 4.79 Å². The third-order valence-corrected chi connectivity index (χ3v) is 5.24. The fourth-order valence-corrected chi connectivity index (χ4v) is 3.74. The molecule has 1 rings (SSSR count). The molecule has 2 nitrogen and oxygen atoms in total. The van der Waals surface area contributed by atoms with Crippen LogP contribution in [0.2, 0.25) is 0 Å². The summed E-state index contributed by atoms with van der Waals surface area (Å²) in [6, 6.07) is 0. The second-order valence-electron chi connectivity index (χ2n) is 6.98. The van der Waals surface area contributed by atoms with Gasteiger partial charge in [0.1, 0.15) is 0 Å². The summed E-state index contributed by atoms with van der Waals surface area (Å²) in [4.78, 5) is 14.1. The van der Waals surface area contributed by atoms with Crippen molar-refractivity contribution in [3.05, 3.63) is 12.8 Å². The van der Waals surface area contributed by atoms with E-state index in [0.29, 0.717) is 11.8 Å². The van der Waals surface area contributed by atoms with Gasteiger partial charge in [-0.2, -0.15) is 0 Å². The number of hydrogen-bond acceptors (Lipinski definition) is 1. The van der Waals surface area contributed by atoms with Crippen LogP contribution in [0.15, 0.2) is 12.8 Å². The van der Waals surface area contributed by atoms with Crippen molar-refractivity contribution in [1.29, 1.82) is 0 Å². The van der Waals surface area contributed by atoms with E-state index in [-0.39, 0.29) is 0 Å². The number of nitrogens with zero attached hydrogens (tertiary/aromatic N) is 1. The first-order valence-electron chi connectivity index (χ1n) is 9.64. The van der Waals surface area contributed by atoms with E-state index in [0.717, 1.165) is 18.9 Å². The lowest BCUT2D eigenvalue weighted by Crippen LogP contribution is -2.24. The van der Waals surface area contributed by atoms with Gasteiger partial charge in [0.05, 0.1) is 0 Å². The second-order valence-corrected chi connectivity index (χ2v) is 6.98. The molecule has 22 heavy (non-hydrogen) atoms. The molecule has 1 fully saturated rings. The smallest absolute Gasteiger partial charge is 0.226 e. The average molecular weight is 308 g/mol. The van der Waals surface area contributed by atoms with Crippen molar-refractivity contribution >= 4 is 5.91 Å². The Morgan fingerprint density at radius 1 is 1.00 bits per heavy atom. The van der Waals surface area contributed by atoms with Crippen LogP contribution >= 0.6 is 0 Å². The van der Waals surface area contributed by atoms with Gasteiger partial charge in [0, 0.05) is 13.0 Å². The minimum Gasteiger partial charge on any atom is -0.320 e. The molecule has 1 aliphatic rings. The quantitative estimate of drug-likeness (QED) is 0.433. The van der Waals surface area contributed by atoms with Crippen LogP contribution in [-0.2, 0) is 4.79 Å². The highest BCUT2D eigenvalue weighted by molar-refractivity contribution is 5.77. The molecule has 2 atom stereocenters. The molecule has 1 aliphatic heterocycles. The topological polar surface area (TPSA) is 20.3 Å². The van der Waals surface area contributed by atoms with Gasteiger partial charge >= 0.3 is 0 Å². The van der Waals surface area contributed by atoms with Crippen LogP contribution in [0.5, 0.6) is 0 Å². The second kappa shape index (κ2) is 11.7. The van der Waals surface area contributed by atoms with Crippen molar-refractivity contribution in [2.75, 3.05) is 6.54 Å². The largest absolute Gasteiger partial charge is 0.320 e. The third-order valence-electron chi connectivity index (χ3n) is 5.24. The highest BCUT2D eigenvalue weighted by Crippen LogP contribution is 2.33. The molecule has 0 aromatic carbocycles. The van der Waals surface area contributed by atoms with Crippen molar-refractivity contribution in [2.45, 2.75) is 90.9 Å². The molecule has 2 unspecified atom stereocenters. The highest BCUT2D eigenvalue weighted by atomic mass is 16.2. The van der Waals surface area contributed by atoms with E-state index in [1.807, 2.05) is 4.90 Å². The number of carbonyl (C=O) groups excluding carboxylic acids is 1. The van der Waals surface area contributed by atoms with Gasteiger partial charge in [-0.25, -0.2) is 0 Å². The number of carbonyl (C=O) groups is 1. The summed E-state index contributed by atoms with van der Waals surface area (Å²) >= 11 is 0. The van der Waals surface area contributed by atoms with Crippen molar-refractivity contribution in [2.24, 2.45) is 11.8 Å². The minimum atomic E-state index is 0.293. The standard InChI is InChI=1S/C20H37NO/c1-4-7-9-10-11-12-14-18-15-16-21(6-3)20(22)17-19(18)13-8-5-2/h6,18-19H,3-5,7-17H2,1-2H3. The molecule has 0 radical (unpaired) electrons. The zero-order valence-electron chi connectivity index (χ0n) is 15.0. The van der Waals surface area contributed by atoms with Crippen LogP contribution in [0.25, 0.3) is 0 Å². The van der Waals surface area contributed by atoms with Crippen LogP contribution < -0.4 is 0 Å². The van der Waals surface area contributed by atoms with Gasteiger partial charge in [-0.15, -0.1) is 0 Å². The summed E-state index contributed by atoms with van der Waals surface area (Å²) in [6.07, 6.45) is 16.9. The molecular weight excluding hydrogens is 270 g/mol. The summed E-state index contributed by atoms with van der Waals surface area (Å²) in [5, 5.41) is 0. The molecule has 0 N–H and O–H groups in total. The van der Waals surface area contributed by atoms with E-state index in [1.165, 1.54) is 70.6 Å². The Balaban J connectivity index is 2.44. The number of likely N-dealkylation sites (tertiary alicyclic amines) is 1. The summed E-state index contributed by atoms with van der Waals surface area (Å²) in [5.41, 5.74) is 0. The van der Waals surface area contributed by atoms with Crippen LogP contribution in [0, 0.1) is 11.8 Å². The first-order chi connectivity index (χ1) is 10.7. The SMILES string of the molecule is C=CN1CCC(CCCCCCCC)C(CCCC)CC1=O. The number of rotatable bonds is 11. The zero-order valence-corrected chi connectivity index (χ0v) is 15.0. The van der Waals surface area contributed by atoms with Crippen molar-refractivity contribution in [3.63, 3.8) is 0 Å². The predicted molar refractivity (Wildman–Crippen MR) is 95.6 cm³/mol. The van der Waals surface area contributed by atoms with Gasteiger partial charge in [0.2, 0.25) is 5.91 Å². The first kappa shape index (κ1) is 19.3. The van der Waals surface area contributed by atoms with Gasteiger partial charge < -0.3 is 4.90 Å².